The van der Waals surface area contributed by atoms with Crippen LogP contribution in [-0.2, 0) is 19.1 Å². The molecule has 3 heterocycles. The summed E-state index contributed by atoms with van der Waals surface area (Å²) in [5, 5.41) is 5.97. The van der Waals surface area contributed by atoms with Gasteiger partial charge < -0.3 is 5.32 Å². The van der Waals surface area contributed by atoms with E-state index in [0.29, 0.717) is 33.2 Å². The van der Waals surface area contributed by atoms with Gasteiger partial charge in [0, 0.05) is 18.7 Å². The zero-order valence-corrected chi connectivity index (χ0v) is 17.8. The van der Waals surface area contributed by atoms with Gasteiger partial charge in [0.1, 0.15) is 15.7 Å². The van der Waals surface area contributed by atoms with Crippen LogP contribution in [0.2, 0.25) is 0 Å². The average Bonchev–Trinajstić information content (AvgIpc) is 2.87. The number of urea groups is 1. The predicted molar refractivity (Wildman–Crippen MR) is 115 cm³/mol. The number of hydrogen-bond donors (Lipinski definition) is 2. The highest BCUT2D eigenvalue weighted by Crippen LogP contribution is 2.34. The maximum Gasteiger partial charge on any atom is 0.416 e. The number of rotatable bonds is 2. The summed E-state index contributed by atoms with van der Waals surface area (Å²) in [6.07, 6.45) is -1.90. The molecule has 1 atom stereocenters. The van der Waals surface area contributed by atoms with Crippen LogP contribution in [0.15, 0.2) is 29.1 Å². The normalized spacial score (nSPS) is 16.6. The molecular weight excluding hydrogens is 429 g/mol. The van der Waals surface area contributed by atoms with Crippen molar-refractivity contribution in [3.63, 3.8) is 0 Å². The van der Waals surface area contributed by atoms with E-state index >= 15 is 0 Å². The highest BCUT2D eigenvalue weighted by atomic mass is 32.1. The first-order valence-electron chi connectivity index (χ1n) is 9.91. The van der Waals surface area contributed by atoms with Crippen LogP contribution < -0.4 is 16.2 Å². The third-order valence-corrected chi connectivity index (χ3v) is 6.61. The number of anilines is 2. The van der Waals surface area contributed by atoms with Crippen LogP contribution in [0.1, 0.15) is 36.7 Å². The van der Waals surface area contributed by atoms with Gasteiger partial charge >= 0.3 is 12.2 Å². The molecule has 0 fully saturated rings. The van der Waals surface area contributed by atoms with Gasteiger partial charge in [-0.05, 0) is 49.4 Å². The van der Waals surface area contributed by atoms with Gasteiger partial charge in [0.05, 0.1) is 10.9 Å². The van der Waals surface area contributed by atoms with E-state index in [2.05, 4.69) is 22.5 Å². The molecule has 0 saturated heterocycles. The Morgan fingerprint density at radius 2 is 2.03 bits per heavy atom. The van der Waals surface area contributed by atoms with Gasteiger partial charge in [-0.3, -0.25) is 14.7 Å². The average molecular weight is 450 g/mol. The Kier molecular flexibility index (Phi) is 5.50. The Morgan fingerprint density at radius 1 is 1.26 bits per heavy atom. The molecule has 10 heteroatoms. The van der Waals surface area contributed by atoms with Gasteiger partial charge in [-0.25, -0.2) is 9.78 Å². The number of fused-ring (bicyclic) bond motifs is 2. The van der Waals surface area contributed by atoms with Crippen molar-refractivity contribution in [2.24, 2.45) is 5.92 Å². The molecule has 0 unspecified atom stereocenters. The third-order valence-electron chi connectivity index (χ3n) is 5.51. The fourth-order valence-corrected chi connectivity index (χ4v) is 4.79. The number of thiophene rings is 1. The number of aryl methyl sites for hydroxylation is 2. The molecule has 0 radical (unpaired) electrons. The van der Waals surface area contributed by atoms with E-state index in [0.717, 1.165) is 37.2 Å². The smallest absolute Gasteiger partial charge is 0.308 e. The molecule has 0 bridgehead atoms. The van der Waals surface area contributed by atoms with E-state index in [1.165, 1.54) is 23.5 Å². The fraction of sp³-hybridized carbons (Fsp3) is 0.381. The van der Waals surface area contributed by atoms with Gasteiger partial charge in [0.15, 0.2) is 0 Å². The number of carbonyl (C=O) groups is 1. The number of amides is 2. The first-order valence-corrected chi connectivity index (χ1v) is 10.7. The molecule has 2 aromatic heterocycles. The number of aromatic nitrogens is 2. The van der Waals surface area contributed by atoms with Crippen LogP contribution in [0.25, 0.3) is 10.2 Å². The number of alkyl halides is 3. The van der Waals surface area contributed by atoms with Gasteiger partial charge in [-0.2, -0.15) is 13.2 Å². The topological polar surface area (TPSA) is 76.0 Å². The molecule has 4 rings (SSSR count). The lowest BCUT2D eigenvalue weighted by Crippen LogP contribution is -2.24. The maximum absolute atomic E-state index is 13.1. The van der Waals surface area contributed by atoms with Crippen LogP contribution >= 0.6 is 11.3 Å². The van der Waals surface area contributed by atoms with Crippen LogP contribution in [-0.4, -0.2) is 15.6 Å². The summed E-state index contributed by atoms with van der Waals surface area (Å²) >= 11 is 1.19. The standard InChI is InChI=1S/C21H21F3N4O2S/c1-11-6-7-15-26-18-16(19(29)28(15)9-8-11)12(2)17(31-18)27-20(30)25-14-5-3-4-13(10-14)21(22,23)24/h3-5,10-11H,6-9H2,1-2H3,(H2,25,27,30)/t11-/m1/s1. The van der Waals surface area contributed by atoms with Crippen molar-refractivity contribution in [2.75, 3.05) is 10.6 Å². The molecule has 2 N–H and O–H groups in total. The summed E-state index contributed by atoms with van der Waals surface area (Å²) in [5.74, 6) is 1.28. The summed E-state index contributed by atoms with van der Waals surface area (Å²) in [5.41, 5.74) is -0.347. The van der Waals surface area contributed by atoms with Crippen molar-refractivity contribution in [3.8, 4) is 0 Å². The minimum absolute atomic E-state index is 0.0186. The number of nitrogens with one attached hydrogen (secondary N) is 2. The summed E-state index contributed by atoms with van der Waals surface area (Å²) in [4.78, 5) is 30.7. The van der Waals surface area contributed by atoms with Crippen LogP contribution in [0.5, 0.6) is 0 Å². The molecular formula is C21H21F3N4O2S. The lowest BCUT2D eigenvalue weighted by molar-refractivity contribution is -0.137. The highest BCUT2D eigenvalue weighted by molar-refractivity contribution is 7.22. The zero-order chi connectivity index (χ0) is 22.3. The largest absolute Gasteiger partial charge is 0.416 e. The first kappa shape index (κ1) is 21.4. The molecule has 164 valence electrons. The Morgan fingerprint density at radius 3 is 2.77 bits per heavy atom. The molecule has 1 aliphatic rings. The minimum atomic E-state index is -4.50. The highest BCUT2D eigenvalue weighted by Gasteiger charge is 2.30. The summed E-state index contributed by atoms with van der Waals surface area (Å²) in [7, 11) is 0. The lowest BCUT2D eigenvalue weighted by atomic mass is 10.0. The van der Waals surface area contributed by atoms with Crippen LogP contribution in [0, 0.1) is 12.8 Å². The van der Waals surface area contributed by atoms with Gasteiger partial charge in [0.25, 0.3) is 5.56 Å². The molecule has 0 aliphatic carbocycles. The van der Waals surface area contributed by atoms with E-state index < -0.39 is 17.8 Å². The van der Waals surface area contributed by atoms with E-state index in [9.17, 15) is 22.8 Å². The van der Waals surface area contributed by atoms with E-state index in [-0.39, 0.29) is 11.2 Å². The molecule has 1 aliphatic heterocycles. The molecule has 6 nitrogen and oxygen atoms in total. The van der Waals surface area contributed by atoms with Crippen molar-refractivity contribution >= 4 is 38.3 Å². The van der Waals surface area contributed by atoms with Crippen molar-refractivity contribution in [1.29, 1.82) is 0 Å². The van der Waals surface area contributed by atoms with Crippen molar-refractivity contribution in [3.05, 3.63) is 51.6 Å². The Balaban J connectivity index is 1.60. The second kappa shape index (κ2) is 7.99. The second-order valence-corrected chi connectivity index (χ2v) is 8.81. The summed E-state index contributed by atoms with van der Waals surface area (Å²) in [6.45, 7) is 4.51. The van der Waals surface area contributed by atoms with E-state index in [4.69, 9.17) is 0 Å². The fourth-order valence-electron chi connectivity index (χ4n) is 3.71. The number of nitrogens with zero attached hydrogens (tertiary/aromatic N) is 2. The summed E-state index contributed by atoms with van der Waals surface area (Å²) < 4.78 is 40.3. The number of benzene rings is 1. The quantitative estimate of drug-likeness (QED) is 0.549. The van der Waals surface area contributed by atoms with E-state index in [1.54, 1.807) is 11.5 Å². The number of halogens is 3. The lowest BCUT2D eigenvalue weighted by Gasteiger charge is -2.10. The molecule has 0 saturated carbocycles. The van der Waals surface area contributed by atoms with Crippen LogP contribution in [0.4, 0.5) is 28.7 Å². The second-order valence-electron chi connectivity index (χ2n) is 7.81. The predicted octanol–water partition coefficient (Wildman–Crippen LogP) is 5.40. The molecule has 0 spiro atoms. The molecule has 3 aromatic rings. The van der Waals surface area contributed by atoms with Crippen molar-refractivity contribution < 1.29 is 18.0 Å². The Bertz CT molecular complexity index is 1220. The molecule has 2 amide bonds. The minimum Gasteiger partial charge on any atom is -0.308 e. The Labute approximate surface area is 180 Å². The monoisotopic (exact) mass is 450 g/mol. The third kappa shape index (κ3) is 4.30. The molecule has 31 heavy (non-hydrogen) atoms. The first-order chi connectivity index (χ1) is 14.6. The van der Waals surface area contributed by atoms with Gasteiger partial charge in [-0.15, -0.1) is 0 Å². The van der Waals surface area contributed by atoms with Crippen LogP contribution in [0.3, 0.4) is 0 Å². The Hall–Kier alpha value is -2.88. The zero-order valence-electron chi connectivity index (χ0n) is 17.0. The number of carbonyl (C=O) groups excluding carboxylic acids is 1. The molecule has 1 aromatic carbocycles. The SMILES string of the molecule is Cc1c(NC(=O)Nc2cccc(C(F)(F)F)c2)sc2nc3n(c(=O)c12)CC[C@H](C)CC3. The van der Waals surface area contributed by atoms with Gasteiger partial charge in [0.2, 0.25) is 0 Å². The number of hydrogen-bond acceptors (Lipinski definition) is 4. The van der Waals surface area contributed by atoms with Crippen molar-refractivity contribution in [2.45, 2.75) is 45.8 Å². The van der Waals surface area contributed by atoms with E-state index in [1.807, 2.05) is 0 Å². The summed E-state index contributed by atoms with van der Waals surface area (Å²) in [6, 6.07) is 3.71. The maximum atomic E-state index is 13.1. The van der Waals surface area contributed by atoms with Gasteiger partial charge in [-0.1, -0.05) is 24.3 Å². The van der Waals surface area contributed by atoms with Crippen molar-refractivity contribution in [1.82, 2.24) is 9.55 Å².